The molecular formula is C21H28N4O4S. The van der Waals surface area contributed by atoms with Crippen molar-refractivity contribution in [2.24, 2.45) is 0 Å². The van der Waals surface area contributed by atoms with Crippen molar-refractivity contribution in [3.05, 3.63) is 35.0 Å². The third kappa shape index (κ3) is 4.40. The number of hydrogen-bond acceptors (Lipinski definition) is 8. The van der Waals surface area contributed by atoms with E-state index in [1.54, 1.807) is 23.6 Å². The van der Waals surface area contributed by atoms with Crippen molar-refractivity contribution in [2.75, 3.05) is 31.9 Å². The number of anilines is 1. The van der Waals surface area contributed by atoms with E-state index in [4.69, 9.17) is 14.2 Å². The molecule has 0 amide bonds. The summed E-state index contributed by atoms with van der Waals surface area (Å²) in [6, 6.07) is 5.16. The first kappa shape index (κ1) is 22.0. The molecule has 162 valence electrons. The van der Waals surface area contributed by atoms with Gasteiger partial charge in [0.1, 0.15) is 6.04 Å². The Hall–Kier alpha value is -2.68. The van der Waals surface area contributed by atoms with Crippen molar-refractivity contribution in [3.63, 3.8) is 0 Å². The van der Waals surface area contributed by atoms with Gasteiger partial charge in [0.05, 0.1) is 26.4 Å². The molecule has 0 aliphatic carbocycles. The summed E-state index contributed by atoms with van der Waals surface area (Å²) in [6.45, 7) is 6.60. The van der Waals surface area contributed by atoms with Crippen LogP contribution in [0.1, 0.15) is 45.2 Å². The number of nitrogens with zero attached hydrogens (tertiary/aromatic N) is 3. The summed E-state index contributed by atoms with van der Waals surface area (Å²) in [5.74, 6) is 2.36. The maximum Gasteiger partial charge on any atom is 0.338 e. The lowest BCUT2D eigenvalue weighted by Crippen LogP contribution is -2.29. The molecule has 2 aromatic rings. The molecule has 3 rings (SSSR count). The fourth-order valence-electron chi connectivity index (χ4n) is 3.25. The van der Waals surface area contributed by atoms with Crippen molar-refractivity contribution in [2.45, 2.75) is 44.8 Å². The lowest BCUT2D eigenvalue weighted by Gasteiger charge is -2.28. The Balaban J connectivity index is 2.09. The van der Waals surface area contributed by atoms with Gasteiger partial charge in [0.15, 0.2) is 11.5 Å². The number of methoxy groups -OCH3 is 2. The van der Waals surface area contributed by atoms with Gasteiger partial charge in [0.25, 0.3) is 0 Å². The second-order valence-corrected chi connectivity index (χ2v) is 7.89. The van der Waals surface area contributed by atoms with Crippen LogP contribution in [-0.2, 0) is 9.53 Å². The largest absolute Gasteiger partial charge is 0.493 e. The molecule has 9 heteroatoms. The van der Waals surface area contributed by atoms with E-state index in [0.717, 1.165) is 24.2 Å². The van der Waals surface area contributed by atoms with Crippen LogP contribution in [-0.4, -0.2) is 47.3 Å². The van der Waals surface area contributed by atoms with Crippen LogP contribution >= 0.6 is 11.8 Å². The highest BCUT2D eigenvalue weighted by molar-refractivity contribution is 7.99. The number of esters is 1. The van der Waals surface area contributed by atoms with Gasteiger partial charge in [-0.25, -0.2) is 9.48 Å². The van der Waals surface area contributed by atoms with Crippen LogP contribution in [0.2, 0.25) is 0 Å². The quantitative estimate of drug-likeness (QED) is 0.469. The summed E-state index contributed by atoms with van der Waals surface area (Å²) in [4.78, 5) is 17.3. The Labute approximate surface area is 181 Å². The lowest BCUT2D eigenvalue weighted by atomic mass is 9.95. The van der Waals surface area contributed by atoms with Crippen molar-refractivity contribution in [1.82, 2.24) is 14.8 Å². The molecule has 1 unspecified atom stereocenters. The molecule has 30 heavy (non-hydrogen) atoms. The smallest absolute Gasteiger partial charge is 0.338 e. The normalized spacial score (nSPS) is 15.4. The predicted molar refractivity (Wildman–Crippen MR) is 116 cm³/mol. The number of nitrogens with one attached hydrogen (secondary N) is 1. The van der Waals surface area contributed by atoms with E-state index in [0.29, 0.717) is 40.5 Å². The van der Waals surface area contributed by atoms with E-state index < -0.39 is 12.0 Å². The zero-order chi connectivity index (χ0) is 21.7. The van der Waals surface area contributed by atoms with Crippen LogP contribution in [0, 0.1) is 0 Å². The molecule has 0 saturated carbocycles. The van der Waals surface area contributed by atoms with Crippen molar-refractivity contribution >= 4 is 23.7 Å². The molecule has 2 heterocycles. The first-order valence-electron chi connectivity index (χ1n) is 10.00. The van der Waals surface area contributed by atoms with E-state index in [-0.39, 0.29) is 0 Å². The van der Waals surface area contributed by atoms with Gasteiger partial charge in [-0.1, -0.05) is 31.7 Å². The number of allylic oxidation sites excluding steroid dienone is 1. The average Bonchev–Trinajstić information content (AvgIpc) is 3.16. The minimum atomic E-state index is -0.494. The molecule has 8 nitrogen and oxygen atoms in total. The SMILES string of the molecule is CCCOc1ccc(C2C(C(=O)OC)=C(C)Nc3nc(SCCC)nn32)cc1OC. The van der Waals surface area contributed by atoms with E-state index >= 15 is 0 Å². The number of rotatable bonds is 9. The van der Waals surface area contributed by atoms with Gasteiger partial charge < -0.3 is 19.5 Å². The van der Waals surface area contributed by atoms with Crippen LogP contribution in [0.25, 0.3) is 0 Å². The van der Waals surface area contributed by atoms with E-state index in [2.05, 4.69) is 22.3 Å². The minimum Gasteiger partial charge on any atom is -0.493 e. The average molecular weight is 433 g/mol. The van der Waals surface area contributed by atoms with Crippen LogP contribution < -0.4 is 14.8 Å². The molecule has 1 aromatic heterocycles. The van der Waals surface area contributed by atoms with Crippen LogP contribution in [0.3, 0.4) is 0 Å². The highest BCUT2D eigenvalue weighted by atomic mass is 32.2. The Morgan fingerprint density at radius 3 is 2.70 bits per heavy atom. The second kappa shape index (κ2) is 9.88. The monoisotopic (exact) mass is 432 g/mol. The second-order valence-electron chi connectivity index (χ2n) is 6.83. The summed E-state index contributed by atoms with van der Waals surface area (Å²) in [5, 5.41) is 8.52. The summed E-state index contributed by atoms with van der Waals surface area (Å²) in [6.07, 6.45) is 1.92. The molecule has 1 aliphatic heterocycles. The number of hydrogen-bond donors (Lipinski definition) is 1. The zero-order valence-electron chi connectivity index (χ0n) is 18.0. The van der Waals surface area contributed by atoms with E-state index in [1.165, 1.54) is 7.11 Å². The number of benzene rings is 1. The van der Waals surface area contributed by atoms with E-state index in [9.17, 15) is 4.79 Å². The maximum atomic E-state index is 12.7. The highest BCUT2D eigenvalue weighted by Crippen LogP contribution is 2.39. The van der Waals surface area contributed by atoms with Gasteiger partial charge in [-0.05, 0) is 37.5 Å². The molecule has 1 atom stereocenters. The molecule has 1 aromatic carbocycles. The number of carbonyl (C=O) groups excluding carboxylic acids is 1. The van der Waals surface area contributed by atoms with E-state index in [1.807, 2.05) is 32.0 Å². The molecule has 1 aliphatic rings. The zero-order valence-corrected chi connectivity index (χ0v) is 18.8. The van der Waals surface area contributed by atoms with Crippen molar-refractivity contribution < 1.29 is 19.0 Å². The fourth-order valence-corrected chi connectivity index (χ4v) is 3.94. The highest BCUT2D eigenvalue weighted by Gasteiger charge is 2.35. The summed E-state index contributed by atoms with van der Waals surface area (Å²) >= 11 is 1.58. The Bertz CT molecular complexity index is 941. The lowest BCUT2D eigenvalue weighted by molar-refractivity contribution is -0.136. The molecule has 1 N–H and O–H groups in total. The third-order valence-electron chi connectivity index (χ3n) is 4.64. The first-order valence-corrected chi connectivity index (χ1v) is 11.0. The predicted octanol–water partition coefficient (Wildman–Crippen LogP) is 4.04. The van der Waals surface area contributed by atoms with Gasteiger partial charge in [-0.15, -0.1) is 5.10 Å². The maximum absolute atomic E-state index is 12.7. The molecule has 0 radical (unpaired) electrons. The van der Waals surface area contributed by atoms with Crippen LogP contribution in [0.5, 0.6) is 11.5 Å². The van der Waals surface area contributed by atoms with Crippen LogP contribution in [0.4, 0.5) is 5.95 Å². The number of ether oxygens (including phenoxy) is 3. The molecule has 0 saturated heterocycles. The van der Waals surface area contributed by atoms with Crippen LogP contribution in [0.15, 0.2) is 34.6 Å². The van der Waals surface area contributed by atoms with Crippen molar-refractivity contribution in [3.8, 4) is 11.5 Å². The summed E-state index contributed by atoms with van der Waals surface area (Å²) in [5.41, 5.74) is 1.99. The molecule has 0 fully saturated rings. The fraction of sp³-hybridized carbons (Fsp3) is 0.476. The summed E-state index contributed by atoms with van der Waals surface area (Å²) < 4.78 is 18.1. The number of aromatic nitrogens is 3. The Morgan fingerprint density at radius 1 is 1.23 bits per heavy atom. The topological polar surface area (TPSA) is 87.5 Å². The minimum absolute atomic E-state index is 0.417. The van der Waals surface area contributed by atoms with Gasteiger partial charge in [0.2, 0.25) is 11.1 Å². The van der Waals surface area contributed by atoms with Gasteiger partial charge >= 0.3 is 5.97 Å². The molecule has 0 spiro atoms. The van der Waals surface area contributed by atoms with Gasteiger partial charge in [0, 0.05) is 11.4 Å². The number of thioether (sulfide) groups is 1. The first-order chi connectivity index (χ1) is 14.5. The number of carbonyl (C=O) groups is 1. The molecular weight excluding hydrogens is 404 g/mol. The van der Waals surface area contributed by atoms with Gasteiger partial charge in [-0.3, -0.25) is 0 Å². The van der Waals surface area contributed by atoms with Gasteiger partial charge in [-0.2, -0.15) is 4.98 Å². The molecule has 0 bridgehead atoms. The van der Waals surface area contributed by atoms with Crippen molar-refractivity contribution in [1.29, 1.82) is 0 Å². The summed E-state index contributed by atoms with van der Waals surface area (Å²) in [7, 11) is 2.98. The Morgan fingerprint density at radius 2 is 2.03 bits per heavy atom. The number of fused-ring (bicyclic) bond motifs is 1. The Kier molecular flexibility index (Phi) is 7.25. The standard InChI is InChI=1S/C21H28N4O4S/c1-6-10-29-15-9-8-14(12-16(15)27-4)18-17(19(26)28-5)13(3)22-20-23-21(24-25(18)20)30-11-7-2/h8-9,12,18H,6-7,10-11H2,1-5H3,(H,22,23,24). The third-order valence-corrected chi connectivity index (χ3v) is 5.68.